The maximum Gasteiger partial charge on any atom is 0.326 e. The van der Waals surface area contributed by atoms with Crippen LogP contribution in [-0.2, 0) is 19.2 Å². The van der Waals surface area contributed by atoms with Crippen LogP contribution in [0.25, 0.3) is 0 Å². The lowest BCUT2D eigenvalue weighted by atomic mass is 10.1. The number of carboxylic acid groups (broad SMARTS) is 1. The highest BCUT2D eigenvalue weighted by molar-refractivity contribution is 7.98. The third-order valence-corrected chi connectivity index (χ3v) is 5.23. The number of carbonyl (C=O) groups excluding carboxylic acids is 3. The normalized spacial score (nSPS) is 20.8. The van der Waals surface area contributed by atoms with Gasteiger partial charge in [0.25, 0.3) is 0 Å². The minimum Gasteiger partial charge on any atom is -0.480 e. The molecule has 0 bridgehead atoms. The second-order valence-corrected chi connectivity index (χ2v) is 7.86. The van der Waals surface area contributed by atoms with Gasteiger partial charge in [0.2, 0.25) is 17.7 Å². The molecular weight excluding hydrogens is 388 g/mol. The Balaban J connectivity index is 2.72. The number of nitrogens with one attached hydrogen (secondary N) is 2. The van der Waals surface area contributed by atoms with Gasteiger partial charge in [0.15, 0.2) is 0 Å². The van der Waals surface area contributed by atoms with Crippen LogP contribution in [0, 0.1) is 0 Å². The Labute approximate surface area is 168 Å². The number of carbonyl (C=O) groups is 4. The molecule has 3 amide bonds. The third-order valence-electron chi connectivity index (χ3n) is 4.59. The lowest BCUT2D eigenvalue weighted by Gasteiger charge is -2.29. The zero-order chi connectivity index (χ0) is 21.4. The number of nitrogens with two attached hydrogens (primary N) is 1. The number of aliphatic hydroxyl groups excluding tert-OH is 1. The highest BCUT2D eigenvalue weighted by Gasteiger charge is 2.39. The fourth-order valence-corrected chi connectivity index (χ4v) is 3.38. The van der Waals surface area contributed by atoms with Crippen LogP contribution < -0.4 is 16.4 Å². The molecule has 0 saturated carbocycles. The minimum absolute atomic E-state index is 0.242. The smallest absolute Gasteiger partial charge is 0.326 e. The molecule has 5 unspecified atom stereocenters. The molecule has 1 saturated heterocycles. The van der Waals surface area contributed by atoms with Crippen LogP contribution in [-0.4, -0.2) is 87.6 Å². The number of carboxylic acids is 1. The lowest BCUT2D eigenvalue weighted by molar-refractivity contribution is -0.150. The van der Waals surface area contributed by atoms with E-state index < -0.39 is 54.0 Å². The predicted molar refractivity (Wildman–Crippen MR) is 105 cm³/mol. The highest BCUT2D eigenvalue weighted by Crippen LogP contribution is 2.19. The molecule has 1 aliphatic rings. The van der Waals surface area contributed by atoms with Gasteiger partial charge < -0.3 is 31.5 Å². The standard InChI is InChI=1S/C17H30N4O6S/c1-9(19-15(24)11(18)6-8-28-3)14(23)20-13(10(2)22)16(25)21-7-4-5-12(21)17(26)27/h9-13,22H,4-8,18H2,1-3H3,(H,19,24)(H,20,23)(H,26,27). The Morgan fingerprint density at radius 1 is 1.21 bits per heavy atom. The molecule has 0 radical (unpaired) electrons. The van der Waals surface area contributed by atoms with Gasteiger partial charge in [-0.2, -0.15) is 11.8 Å². The van der Waals surface area contributed by atoms with Gasteiger partial charge in [-0.25, -0.2) is 4.79 Å². The highest BCUT2D eigenvalue weighted by atomic mass is 32.2. The molecule has 0 spiro atoms. The number of nitrogens with zero attached hydrogens (tertiary/aromatic N) is 1. The van der Waals surface area contributed by atoms with Gasteiger partial charge in [0, 0.05) is 6.54 Å². The largest absolute Gasteiger partial charge is 0.480 e. The van der Waals surface area contributed by atoms with Crippen LogP contribution in [0.3, 0.4) is 0 Å². The van der Waals surface area contributed by atoms with Crippen molar-refractivity contribution in [2.75, 3.05) is 18.6 Å². The summed E-state index contributed by atoms with van der Waals surface area (Å²) >= 11 is 1.55. The number of amides is 3. The summed E-state index contributed by atoms with van der Waals surface area (Å²) in [6, 6.07) is -4.01. The molecule has 0 aliphatic carbocycles. The van der Waals surface area contributed by atoms with Crippen molar-refractivity contribution in [2.45, 2.75) is 63.4 Å². The van der Waals surface area contributed by atoms with Crippen LogP contribution in [0.5, 0.6) is 0 Å². The van der Waals surface area contributed by atoms with Crippen LogP contribution in [0.1, 0.15) is 33.1 Å². The Morgan fingerprint density at radius 3 is 2.39 bits per heavy atom. The van der Waals surface area contributed by atoms with E-state index in [-0.39, 0.29) is 6.54 Å². The van der Waals surface area contributed by atoms with Crippen molar-refractivity contribution in [3.63, 3.8) is 0 Å². The van der Waals surface area contributed by atoms with Gasteiger partial charge in [-0.3, -0.25) is 14.4 Å². The molecule has 6 N–H and O–H groups in total. The zero-order valence-corrected chi connectivity index (χ0v) is 17.2. The van der Waals surface area contributed by atoms with E-state index in [0.717, 1.165) is 4.90 Å². The van der Waals surface area contributed by atoms with E-state index in [1.165, 1.54) is 13.8 Å². The summed E-state index contributed by atoms with van der Waals surface area (Å²) in [4.78, 5) is 49.6. The first-order valence-electron chi connectivity index (χ1n) is 9.16. The Hall–Kier alpha value is -1.85. The SMILES string of the molecule is CSCCC(N)C(=O)NC(C)C(=O)NC(C(=O)N1CCCC1C(=O)O)C(C)O. The first-order valence-corrected chi connectivity index (χ1v) is 10.6. The molecule has 10 nitrogen and oxygen atoms in total. The Kier molecular flexibility index (Phi) is 9.70. The number of rotatable bonds is 10. The second kappa shape index (κ2) is 11.2. The summed E-state index contributed by atoms with van der Waals surface area (Å²) in [6.45, 7) is 3.01. The molecule has 0 aromatic carbocycles. The fraction of sp³-hybridized carbons (Fsp3) is 0.765. The molecule has 11 heteroatoms. The summed E-state index contributed by atoms with van der Waals surface area (Å²) in [6.07, 6.45) is 1.97. The molecule has 1 heterocycles. The van der Waals surface area contributed by atoms with Crippen molar-refractivity contribution in [1.82, 2.24) is 15.5 Å². The fourth-order valence-electron chi connectivity index (χ4n) is 2.89. The second-order valence-electron chi connectivity index (χ2n) is 6.87. The number of thioether (sulfide) groups is 1. The predicted octanol–water partition coefficient (Wildman–Crippen LogP) is -1.49. The minimum atomic E-state index is -1.31. The van der Waals surface area contributed by atoms with Crippen LogP contribution in [0.15, 0.2) is 0 Å². The molecule has 0 aromatic rings. The van der Waals surface area contributed by atoms with Gasteiger partial charge >= 0.3 is 5.97 Å². The van der Waals surface area contributed by atoms with Crippen LogP contribution in [0.4, 0.5) is 0 Å². The number of aliphatic hydroxyl groups is 1. The molecule has 1 fully saturated rings. The lowest BCUT2D eigenvalue weighted by Crippen LogP contribution is -2.59. The van der Waals surface area contributed by atoms with E-state index in [1.807, 2.05) is 6.26 Å². The van der Waals surface area contributed by atoms with Crippen molar-refractivity contribution in [3.05, 3.63) is 0 Å². The summed E-state index contributed by atoms with van der Waals surface area (Å²) in [5.41, 5.74) is 5.76. The number of aliphatic carboxylic acids is 1. The third kappa shape index (κ3) is 6.64. The molecule has 5 atom stereocenters. The molecule has 160 valence electrons. The van der Waals surface area contributed by atoms with Crippen molar-refractivity contribution in [3.8, 4) is 0 Å². The summed E-state index contributed by atoms with van der Waals surface area (Å²) in [5.74, 6) is -2.24. The number of hydrogen-bond acceptors (Lipinski definition) is 7. The number of hydrogen-bond donors (Lipinski definition) is 5. The Morgan fingerprint density at radius 2 is 1.86 bits per heavy atom. The van der Waals surface area contributed by atoms with E-state index >= 15 is 0 Å². The molecule has 1 aliphatic heterocycles. The first kappa shape index (κ1) is 24.2. The molecule has 28 heavy (non-hydrogen) atoms. The van der Waals surface area contributed by atoms with Crippen molar-refractivity contribution >= 4 is 35.5 Å². The van der Waals surface area contributed by atoms with Gasteiger partial charge in [-0.05, 0) is 45.1 Å². The average Bonchev–Trinajstić information content (AvgIpc) is 3.12. The number of likely N-dealkylation sites (tertiary alicyclic amines) is 1. The van der Waals surface area contributed by atoms with E-state index in [9.17, 15) is 29.4 Å². The van der Waals surface area contributed by atoms with Crippen LogP contribution in [0.2, 0.25) is 0 Å². The summed E-state index contributed by atoms with van der Waals surface area (Å²) < 4.78 is 0. The van der Waals surface area contributed by atoms with Crippen molar-refractivity contribution in [1.29, 1.82) is 0 Å². The average molecular weight is 419 g/mol. The van der Waals surface area contributed by atoms with E-state index in [4.69, 9.17) is 5.73 Å². The topological polar surface area (TPSA) is 162 Å². The van der Waals surface area contributed by atoms with E-state index in [1.54, 1.807) is 11.8 Å². The first-order chi connectivity index (χ1) is 13.1. The van der Waals surface area contributed by atoms with Gasteiger partial charge in [0.05, 0.1) is 12.1 Å². The van der Waals surface area contributed by atoms with E-state index in [0.29, 0.717) is 25.0 Å². The quantitative estimate of drug-likeness (QED) is 0.287. The molecular formula is C17H30N4O6S. The van der Waals surface area contributed by atoms with E-state index in [2.05, 4.69) is 10.6 Å². The Bertz CT molecular complexity index is 588. The maximum absolute atomic E-state index is 12.7. The summed E-state index contributed by atoms with van der Waals surface area (Å²) in [7, 11) is 0. The van der Waals surface area contributed by atoms with Crippen molar-refractivity contribution in [2.24, 2.45) is 5.73 Å². The molecule has 1 rings (SSSR count). The zero-order valence-electron chi connectivity index (χ0n) is 16.4. The van der Waals surface area contributed by atoms with Crippen molar-refractivity contribution < 1.29 is 29.4 Å². The summed E-state index contributed by atoms with van der Waals surface area (Å²) in [5, 5.41) is 24.1. The van der Waals surface area contributed by atoms with Gasteiger partial charge in [0.1, 0.15) is 18.1 Å². The van der Waals surface area contributed by atoms with Crippen LogP contribution >= 0.6 is 11.8 Å². The molecule has 0 aromatic heterocycles. The van der Waals surface area contributed by atoms with Gasteiger partial charge in [-0.15, -0.1) is 0 Å². The van der Waals surface area contributed by atoms with Gasteiger partial charge in [-0.1, -0.05) is 0 Å². The monoisotopic (exact) mass is 418 g/mol. The maximum atomic E-state index is 12.7.